The van der Waals surface area contributed by atoms with Crippen molar-refractivity contribution in [2.24, 2.45) is 11.0 Å². The second-order valence-electron chi connectivity index (χ2n) is 10.8. The highest BCUT2D eigenvalue weighted by atomic mass is 16.3. The van der Waals surface area contributed by atoms with E-state index >= 15 is 0 Å². The third-order valence-electron chi connectivity index (χ3n) is 6.57. The van der Waals surface area contributed by atoms with Crippen LogP contribution in [0.15, 0.2) is 54.7 Å². The lowest BCUT2D eigenvalue weighted by atomic mass is 10.1. The maximum atomic E-state index is 10.2. The van der Waals surface area contributed by atoms with Crippen molar-refractivity contribution < 1.29 is 4.79 Å². The van der Waals surface area contributed by atoms with Crippen LogP contribution >= 0.6 is 0 Å². The summed E-state index contributed by atoms with van der Waals surface area (Å²) in [4.78, 5) is 23.4. The van der Waals surface area contributed by atoms with E-state index in [2.05, 4.69) is 49.2 Å². The van der Waals surface area contributed by atoms with E-state index in [0.717, 1.165) is 127 Å². The van der Waals surface area contributed by atoms with Crippen molar-refractivity contribution in [3.05, 3.63) is 54.4 Å². The van der Waals surface area contributed by atoms with Crippen LogP contribution in [0.1, 0.15) is 110 Å². The fourth-order valence-corrected chi connectivity index (χ4v) is 3.87. The molecule has 0 unspecified atom stereocenters. The van der Waals surface area contributed by atoms with Gasteiger partial charge in [-0.15, -0.1) is 11.5 Å². The molecule has 10 nitrogen and oxygen atoms in total. The zero-order valence-corrected chi connectivity index (χ0v) is 28.2. The molecule has 3 N–H and O–H groups in total. The number of unbranched alkanes of at least 4 members (excludes halogenated alkanes) is 10. The van der Waals surface area contributed by atoms with E-state index in [1.807, 2.05) is 27.1 Å². The number of hydrogen-bond donors (Lipinski definition) is 2. The molecule has 44 heavy (non-hydrogen) atoms. The quantitative estimate of drug-likeness (QED) is 0.0140. The second kappa shape index (κ2) is 35.9. The molecular formula is C34H62N8O2. The first-order chi connectivity index (χ1) is 21.1. The van der Waals surface area contributed by atoms with E-state index in [9.17, 15) is 9.70 Å². The van der Waals surface area contributed by atoms with E-state index in [1.165, 1.54) is 6.42 Å². The molecular weight excluding hydrogens is 552 g/mol. The summed E-state index contributed by atoms with van der Waals surface area (Å²) in [5.74, 6) is 5.54. The van der Waals surface area contributed by atoms with Gasteiger partial charge in [0.15, 0.2) is 12.4 Å². The molecule has 0 spiro atoms. The van der Waals surface area contributed by atoms with Crippen molar-refractivity contribution in [1.82, 2.24) is 20.1 Å². The summed E-state index contributed by atoms with van der Waals surface area (Å²) in [5, 5.41) is 25.3. The lowest BCUT2D eigenvalue weighted by molar-refractivity contribution is -0.107. The zero-order chi connectivity index (χ0) is 33.8. The maximum absolute atomic E-state index is 10.2. The highest BCUT2D eigenvalue weighted by Gasteiger charge is 2.06. The fraction of sp³-hybridized carbons (Fsp3) is 0.676. The molecule has 0 amide bonds. The predicted molar refractivity (Wildman–Crippen MR) is 184 cm³/mol. The van der Waals surface area contributed by atoms with Crippen LogP contribution in [0.25, 0.3) is 0 Å². The molecule has 0 rings (SSSR count). The molecule has 0 fully saturated rings. The van der Waals surface area contributed by atoms with E-state index in [4.69, 9.17) is 16.4 Å². The van der Waals surface area contributed by atoms with Gasteiger partial charge in [-0.1, -0.05) is 51.5 Å². The average molecular weight is 615 g/mol. The van der Waals surface area contributed by atoms with Crippen molar-refractivity contribution in [2.75, 3.05) is 40.3 Å². The molecule has 0 aliphatic carbocycles. The minimum absolute atomic E-state index is 0.467. The van der Waals surface area contributed by atoms with Gasteiger partial charge in [-0.3, -0.25) is 20.7 Å². The van der Waals surface area contributed by atoms with Crippen LogP contribution in [-0.2, 0) is 4.79 Å². The van der Waals surface area contributed by atoms with Crippen LogP contribution in [-0.4, -0.2) is 61.4 Å². The Kier molecular flexibility index (Phi) is 36.8. The van der Waals surface area contributed by atoms with Gasteiger partial charge >= 0.3 is 0 Å². The molecule has 0 saturated heterocycles. The number of rotatable bonds is 27. The Morgan fingerprint density at radius 1 is 0.818 bits per heavy atom. The molecule has 0 bridgehead atoms. The van der Waals surface area contributed by atoms with Crippen LogP contribution in [0.5, 0.6) is 0 Å². The second-order valence-corrected chi connectivity index (χ2v) is 10.8. The number of allylic oxidation sites excluding steroid dienone is 4. The Morgan fingerprint density at radius 3 is 1.84 bits per heavy atom. The van der Waals surface area contributed by atoms with Gasteiger partial charge in [0.2, 0.25) is 0 Å². The Bertz CT molecular complexity index is 845. The molecule has 0 aliphatic heterocycles. The van der Waals surface area contributed by atoms with E-state index < -0.39 is 0 Å². The van der Waals surface area contributed by atoms with Gasteiger partial charge in [0.25, 0.3) is 0 Å². The number of nitrogens with one attached hydrogen (secondary N) is 1. The van der Waals surface area contributed by atoms with E-state index in [1.54, 1.807) is 14.8 Å². The van der Waals surface area contributed by atoms with Crippen LogP contribution in [0, 0.1) is 27.8 Å². The van der Waals surface area contributed by atoms with Crippen LogP contribution < -0.4 is 11.2 Å². The maximum Gasteiger partial charge on any atom is 0.183 e. The van der Waals surface area contributed by atoms with Crippen LogP contribution in [0.2, 0.25) is 0 Å². The minimum atomic E-state index is 0.467. The normalized spacial score (nSPS) is 9.70. The number of aldehydes is 1. The number of nitriles is 2. The van der Waals surface area contributed by atoms with E-state index in [-0.39, 0.29) is 0 Å². The summed E-state index contributed by atoms with van der Waals surface area (Å²) in [7, 11) is 3.80. The largest absolute Gasteiger partial charge is 0.320 e. The van der Waals surface area contributed by atoms with Crippen molar-refractivity contribution in [2.45, 2.75) is 110 Å². The van der Waals surface area contributed by atoms with Gasteiger partial charge in [-0.2, -0.15) is 10.5 Å². The number of hydrazine groups is 1. The van der Waals surface area contributed by atoms with Crippen molar-refractivity contribution >= 4 is 6.29 Å². The summed E-state index contributed by atoms with van der Waals surface area (Å²) in [6.07, 6.45) is 23.1. The Morgan fingerprint density at radius 2 is 1.34 bits per heavy atom. The first-order valence-electron chi connectivity index (χ1n) is 16.0. The number of nitrogens with two attached hydrogens (primary N) is 1. The highest BCUT2D eigenvalue weighted by Crippen LogP contribution is 2.13. The number of hydrogen-bond acceptors (Lipinski definition) is 10. The smallest absolute Gasteiger partial charge is 0.183 e. The highest BCUT2D eigenvalue weighted by molar-refractivity contribution is 5.48. The van der Waals surface area contributed by atoms with Crippen molar-refractivity contribution in [3.8, 4) is 12.4 Å². The number of nitroso groups, excluding NO2 is 1. The first kappa shape index (κ1) is 45.1. The molecule has 10 heteroatoms. The monoisotopic (exact) mass is 614 g/mol. The third kappa shape index (κ3) is 34.9. The molecule has 0 aromatic rings. The molecule has 0 heterocycles. The molecule has 0 aromatic carbocycles. The Balaban J connectivity index is -0.000000608. The summed E-state index contributed by atoms with van der Waals surface area (Å²) in [6, 6.07) is 0. The van der Waals surface area contributed by atoms with Crippen LogP contribution in [0.3, 0.4) is 0 Å². The molecule has 0 aromatic heterocycles. The molecule has 0 saturated carbocycles. The molecule has 0 atom stereocenters. The molecule has 0 aliphatic rings. The Labute approximate surface area is 269 Å². The van der Waals surface area contributed by atoms with Gasteiger partial charge in [-0.25, -0.2) is 0 Å². The van der Waals surface area contributed by atoms with Gasteiger partial charge in [-0.05, 0) is 96.3 Å². The van der Waals surface area contributed by atoms with Gasteiger partial charge in [0.1, 0.15) is 6.29 Å². The minimum Gasteiger partial charge on any atom is -0.320 e. The molecule has 250 valence electrons. The van der Waals surface area contributed by atoms with Crippen molar-refractivity contribution in [3.63, 3.8) is 0 Å². The molecule has 0 radical (unpaired) electrons. The SMILES string of the molecule is C=C(CCCCCN(C)N)N(C#N)CCCCCC=O.C=C(CCCCCNC)N=O.C=CCCCCCN(C#N)C(=C)C. The lowest BCUT2D eigenvalue weighted by Gasteiger charge is -2.18. The Hall–Kier alpha value is -3.31. The fourth-order valence-electron chi connectivity index (χ4n) is 3.87. The summed E-state index contributed by atoms with van der Waals surface area (Å²) in [5.41, 5.74) is 2.18. The number of carbonyl (C=O) groups excluding carboxylic acids is 1. The topological polar surface area (TPSA) is 142 Å². The van der Waals surface area contributed by atoms with Crippen molar-refractivity contribution in [1.29, 1.82) is 10.5 Å². The summed E-state index contributed by atoms with van der Waals surface area (Å²) < 4.78 is 0. The average Bonchev–Trinajstić information content (AvgIpc) is 3.00. The predicted octanol–water partition coefficient (Wildman–Crippen LogP) is 7.50. The third-order valence-corrected chi connectivity index (χ3v) is 6.57. The van der Waals surface area contributed by atoms with Gasteiger partial charge < -0.3 is 10.1 Å². The van der Waals surface area contributed by atoms with Crippen LogP contribution in [0.4, 0.5) is 0 Å². The number of carbonyl (C=O) groups is 1. The van der Waals surface area contributed by atoms with Gasteiger partial charge in [0, 0.05) is 44.5 Å². The summed E-state index contributed by atoms with van der Waals surface area (Å²) >= 11 is 0. The first-order valence-corrected chi connectivity index (χ1v) is 16.0. The van der Waals surface area contributed by atoms with E-state index in [0.29, 0.717) is 18.7 Å². The zero-order valence-electron chi connectivity index (χ0n) is 28.2. The lowest BCUT2D eigenvalue weighted by Crippen LogP contribution is -2.26. The standard InChI is InChI=1S/C15H28N4O.C11H18N2.C8H16N2O/c1-15(10-6-5-7-11-18(2)17)19(14-16)12-8-3-4-9-13-20;1-4-5-6-7-8-9-13(10-12)11(2)3;1-8(10-11)6-4-3-5-7-9-2/h13H,1,3-12,17H2,2H3;4H,1-2,5-9H2,3H3;9H,1,3-7H2,2H3. The summed E-state index contributed by atoms with van der Waals surface area (Å²) in [6.45, 7) is 20.2. The number of nitrogens with zero attached hydrogens (tertiary/aromatic N) is 6. The van der Waals surface area contributed by atoms with Gasteiger partial charge in [0.05, 0.1) is 5.70 Å².